The molecular formula is C10H6F2O2S. The minimum atomic E-state index is -1.07. The van der Waals surface area contributed by atoms with Gasteiger partial charge in [-0.3, -0.25) is 0 Å². The summed E-state index contributed by atoms with van der Waals surface area (Å²) in [6, 6.07) is 2.05. The molecule has 0 atom stereocenters. The Morgan fingerprint density at radius 3 is 2.53 bits per heavy atom. The summed E-state index contributed by atoms with van der Waals surface area (Å²) >= 11 is 0.949. The smallest absolute Gasteiger partial charge is 0.346 e. The maximum absolute atomic E-state index is 12.9. The van der Waals surface area contributed by atoms with Gasteiger partial charge in [0.15, 0.2) is 11.6 Å². The van der Waals surface area contributed by atoms with E-state index in [1.54, 1.807) is 6.92 Å². The fraction of sp³-hybridized carbons (Fsp3) is 0.100. The molecule has 0 saturated carbocycles. The van der Waals surface area contributed by atoms with E-state index in [0.29, 0.717) is 15.6 Å². The van der Waals surface area contributed by atoms with Crippen molar-refractivity contribution in [3.8, 4) is 0 Å². The van der Waals surface area contributed by atoms with Gasteiger partial charge in [-0.15, -0.1) is 11.3 Å². The molecule has 2 rings (SSSR count). The zero-order valence-electron chi connectivity index (χ0n) is 7.67. The number of carboxylic acid groups (broad SMARTS) is 1. The van der Waals surface area contributed by atoms with Gasteiger partial charge in [-0.25, -0.2) is 13.6 Å². The topological polar surface area (TPSA) is 37.3 Å². The molecule has 0 amide bonds. The minimum absolute atomic E-state index is 0.120. The van der Waals surface area contributed by atoms with Crippen molar-refractivity contribution in [2.45, 2.75) is 6.92 Å². The van der Waals surface area contributed by atoms with Gasteiger partial charge in [0, 0.05) is 4.70 Å². The Hall–Kier alpha value is -1.49. The van der Waals surface area contributed by atoms with Crippen molar-refractivity contribution < 1.29 is 18.7 Å². The van der Waals surface area contributed by atoms with Crippen molar-refractivity contribution in [3.63, 3.8) is 0 Å². The molecule has 1 aromatic carbocycles. The fourth-order valence-corrected chi connectivity index (χ4v) is 2.47. The number of fused-ring (bicyclic) bond motifs is 1. The molecule has 0 radical (unpaired) electrons. The first-order valence-corrected chi connectivity index (χ1v) is 4.94. The fourth-order valence-electron chi connectivity index (χ4n) is 1.42. The van der Waals surface area contributed by atoms with Gasteiger partial charge in [0.2, 0.25) is 0 Å². The molecule has 15 heavy (non-hydrogen) atoms. The maximum atomic E-state index is 12.9. The van der Waals surface area contributed by atoms with E-state index in [2.05, 4.69) is 0 Å². The van der Waals surface area contributed by atoms with Crippen molar-refractivity contribution in [1.82, 2.24) is 0 Å². The second kappa shape index (κ2) is 3.27. The normalized spacial score (nSPS) is 10.9. The molecule has 0 bridgehead atoms. The lowest BCUT2D eigenvalue weighted by Gasteiger charge is -1.94. The molecule has 1 heterocycles. The van der Waals surface area contributed by atoms with Crippen LogP contribution in [0, 0.1) is 18.6 Å². The molecule has 1 N–H and O–H groups in total. The third-order valence-electron chi connectivity index (χ3n) is 2.17. The maximum Gasteiger partial charge on any atom is 0.346 e. The molecule has 0 spiro atoms. The molecule has 78 valence electrons. The summed E-state index contributed by atoms with van der Waals surface area (Å²) in [6.45, 7) is 1.58. The van der Waals surface area contributed by atoms with Crippen LogP contribution in [0.3, 0.4) is 0 Å². The molecule has 5 heteroatoms. The van der Waals surface area contributed by atoms with Gasteiger partial charge < -0.3 is 5.11 Å². The van der Waals surface area contributed by atoms with Crippen molar-refractivity contribution in [3.05, 3.63) is 34.2 Å². The van der Waals surface area contributed by atoms with Gasteiger partial charge in [-0.1, -0.05) is 0 Å². The third kappa shape index (κ3) is 1.48. The highest BCUT2D eigenvalue weighted by atomic mass is 32.1. The van der Waals surface area contributed by atoms with Gasteiger partial charge in [-0.05, 0) is 30.0 Å². The van der Waals surface area contributed by atoms with Crippen LogP contribution in [0.4, 0.5) is 8.78 Å². The number of carbonyl (C=O) groups is 1. The minimum Gasteiger partial charge on any atom is -0.477 e. The number of halogens is 2. The lowest BCUT2D eigenvalue weighted by molar-refractivity contribution is 0.0701. The lowest BCUT2D eigenvalue weighted by Crippen LogP contribution is -1.93. The Kier molecular flexibility index (Phi) is 2.19. The van der Waals surface area contributed by atoms with Crippen LogP contribution in [-0.4, -0.2) is 11.1 Å². The van der Waals surface area contributed by atoms with Crippen molar-refractivity contribution in [2.24, 2.45) is 0 Å². The van der Waals surface area contributed by atoms with Crippen LogP contribution in [-0.2, 0) is 0 Å². The van der Waals surface area contributed by atoms with Crippen LogP contribution >= 0.6 is 11.3 Å². The number of thiophene rings is 1. The first-order chi connectivity index (χ1) is 7.00. The molecular weight excluding hydrogens is 222 g/mol. The molecule has 2 nitrogen and oxygen atoms in total. The number of carboxylic acids is 1. The summed E-state index contributed by atoms with van der Waals surface area (Å²) in [4.78, 5) is 10.9. The molecule has 0 aliphatic heterocycles. The Bertz CT molecular complexity index is 560. The molecule has 0 aliphatic rings. The van der Waals surface area contributed by atoms with Gasteiger partial charge >= 0.3 is 5.97 Å². The Morgan fingerprint density at radius 1 is 1.33 bits per heavy atom. The second-order valence-corrected chi connectivity index (χ2v) is 4.18. The van der Waals surface area contributed by atoms with Gasteiger partial charge in [0.1, 0.15) is 4.88 Å². The highest BCUT2D eigenvalue weighted by molar-refractivity contribution is 7.21. The molecule has 0 saturated heterocycles. The van der Waals surface area contributed by atoms with E-state index in [0.717, 1.165) is 23.5 Å². The Labute approximate surface area is 87.8 Å². The average Bonchev–Trinajstić information content (AvgIpc) is 2.46. The zero-order chi connectivity index (χ0) is 11.2. The quantitative estimate of drug-likeness (QED) is 0.813. The van der Waals surface area contributed by atoms with E-state index in [9.17, 15) is 13.6 Å². The summed E-state index contributed by atoms with van der Waals surface area (Å²) in [5, 5.41) is 9.28. The Balaban J connectivity index is 2.83. The highest BCUT2D eigenvalue weighted by Crippen LogP contribution is 2.32. The molecule has 2 aromatic rings. The van der Waals surface area contributed by atoms with Gasteiger partial charge in [-0.2, -0.15) is 0 Å². The SMILES string of the molecule is Cc1c(C(=O)O)sc2cc(F)c(F)cc12. The van der Waals surface area contributed by atoms with Crippen LogP contribution in [0.15, 0.2) is 12.1 Å². The lowest BCUT2D eigenvalue weighted by atomic mass is 10.1. The molecule has 1 aromatic heterocycles. The summed E-state index contributed by atoms with van der Waals surface area (Å²) in [5.74, 6) is -2.99. The monoisotopic (exact) mass is 228 g/mol. The molecule has 0 unspecified atom stereocenters. The van der Waals surface area contributed by atoms with E-state index in [4.69, 9.17) is 5.11 Å². The predicted octanol–water partition coefficient (Wildman–Crippen LogP) is 3.19. The first-order valence-electron chi connectivity index (χ1n) is 4.12. The van der Waals surface area contributed by atoms with E-state index < -0.39 is 17.6 Å². The van der Waals surface area contributed by atoms with Crippen LogP contribution < -0.4 is 0 Å². The van der Waals surface area contributed by atoms with Crippen LogP contribution in [0.2, 0.25) is 0 Å². The van der Waals surface area contributed by atoms with Crippen molar-refractivity contribution in [2.75, 3.05) is 0 Å². The second-order valence-electron chi connectivity index (χ2n) is 3.12. The third-order valence-corrected chi connectivity index (χ3v) is 3.42. The summed E-state index contributed by atoms with van der Waals surface area (Å²) in [7, 11) is 0. The largest absolute Gasteiger partial charge is 0.477 e. The van der Waals surface area contributed by atoms with E-state index in [-0.39, 0.29) is 4.88 Å². The predicted molar refractivity (Wildman–Crippen MR) is 53.4 cm³/mol. The van der Waals surface area contributed by atoms with Crippen LogP contribution in [0.5, 0.6) is 0 Å². The number of hydrogen-bond donors (Lipinski definition) is 1. The molecule has 0 fully saturated rings. The van der Waals surface area contributed by atoms with Crippen LogP contribution in [0.1, 0.15) is 15.2 Å². The summed E-state index contributed by atoms with van der Waals surface area (Å²) < 4.78 is 26.2. The van der Waals surface area contributed by atoms with E-state index in [1.165, 1.54) is 0 Å². The number of aryl methyl sites for hydroxylation is 1. The van der Waals surface area contributed by atoms with E-state index in [1.807, 2.05) is 0 Å². The van der Waals surface area contributed by atoms with E-state index >= 15 is 0 Å². The average molecular weight is 228 g/mol. The number of benzene rings is 1. The zero-order valence-corrected chi connectivity index (χ0v) is 8.49. The number of hydrogen-bond acceptors (Lipinski definition) is 2. The van der Waals surface area contributed by atoms with Crippen molar-refractivity contribution >= 4 is 27.4 Å². The highest BCUT2D eigenvalue weighted by Gasteiger charge is 2.16. The van der Waals surface area contributed by atoms with Crippen molar-refractivity contribution in [1.29, 1.82) is 0 Å². The van der Waals surface area contributed by atoms with Gasteiger partial charge in [0.05, 0.1) is 0 Å². The Morgan fingerprint density at radius 2 is 1.93 bits per heavy atom. The summed E-state index contributed by atoms with van der Waals surface area (Å²) in [5.41, 5.74) is 0.474. The molecule has 0 aliphatic carbocycles. The summed E-state index contributed by atoms with van der Waals surface area (Å²) in [6.07, 6.45) is 0. The standard InChI is InChI=1S/C10H6F2O2S/c1-4-5-2-6(11)7(12)3-8(5)15-9(4)10(13)14/h2-3H,1H3,(H,13,14). The van der Waals surface area contributed by atoms with Gasteiger partial charge in [0.25, 0.3) is 0 Å². The number of aromatic carboxylic acids is 1. The van der Waals surface area contributed by atoms with Crippen LogP contribution in [0.25, 0.3) is 10.1 Å². The first kappa shape index (κ1) is 10.0. The number of rotatable bonds is 1.